The van der Waals surface area contributed by atoms with Crippen LogP contribution in [-0.2, 0) is 5.11 Å². The van der Waals surface area contributed by atoms with E-state index in [-0.39, 0.29) is 5.75 Å². The van der Waals surface area contributed by atoms with Crippen molar-refractivity contribution < 1.29 is 9.84 Å². The third-order valence-corrected chi connectivity index (χ3v) is 2.57. The molecule has 1 aromatic carbocycles. The van der Waals surface area contributed by atoms with Crippen LogP contribution in [0.2, 0.25) is 0 Å². The molecule has 0 spiro atoms. The Morgan fingerprint density at radius 3 is 2.56 bits per heavy atom. The molecule has 0 saturated heterocycles. The van der Waals surface area contributed by atoms with Crippen LogP contribution >= 0.6 is 0 Å². The summed E-state index contributed by atoms with van der Waals surface area (Å²) in [6.45, 7) is 2.94. The van der Waals surface area contributed by atoms with Gasteiger partial charge in [-0.15, -0.1) is 0 Å². The van der Waals surface area contributed by atoms with Crippen LogP contribution < -0.4 is 4.74 Å². The smallest absolute Gasteiger partial charge is 0.182 e. The summed E-state index contributed by atoms with van der Waals surface area (Å²) in [5, 5.41) is 11.0. The van der Waals surface area contributed by atoms with Gasteiger partial charge in [-0.1, -0.05) is 45.1 Å². The highest BCUT2D eigenvalue weighted by Gasteiger charge is 1.96. The van der Waals surface area contributed by atoms with Crippen LogP contribution in [0, 0.1) is 0 Å². The Hall–Kier alpha value is -1.18. The molecular formula is C14H21O2. The highest BCUT2D eigenvalue weighted by molar-refractivity contribution is 5.31. The van der Waals surface area contributed by atoms with Crippen LogP contribution in [0.3, 0.4) is 0 Å². The SMILES string of the molecule is CCCCCCCCOc1cccc([O])c1. The van der Waals surface area contributed by atoms with Crippen LogP contribution in [-0.4, -0.2) is 6.61 Å². The molecule has 0 unspecified atom stereocenters. The Balaban J connectivity index is 2.03. The van der Waals surface area contributed by atoms with E-state index in [1.807, 2.05) is 6.07 Å². The summed E-state index contributed by atoms with van der Waals surface area (Å²) >= 11 is 0. The molecule has 1 rings (SSSR count). The normalized spacial score (nSPS) is 10.3. The zero-order valence-electron chi connectivity index (χ0n) is 10.1. The maximum Gasteiger partial charge on any atom is 0.182 e. The van der Waals surface area contributed by atoms with E-state index < -0.39 is 0 Å². The molecular weight excluding hydrogens is 200 g/mol. The van der Waals surface area contributed by atoms with Gasteiger partial charge in [-0.05, 0) is 18.6 Å². The zero-order chi connectivity index (χ0) is 11.6. The molecule has 0 atom stereocenters. The number of hydrogen-bond acceptors (Lipinski definition) is 1. The number of ether oxygens (including phenoxy) is 1. The molecule has 0 aliphatic heterocycles. The van der Waals surface area contributed by atoms with Gasteiger partial charge in [0, 0.05) is 6.07 Å². The van der Waals surface area contributed by atoms with Crippen molar-refractivity contribution in [3.05, 3.63) is 24.3 Å². The van der Waals surface area contributed by atoms with Crippen molar-refractivity contribution in [1.82, 2.24) is 0 Å². The van der Waals surface area contributed by atoms with E-state index in [4.69, 9.17) is 4.74 Å². The van der Waals surface area contributed by atoms with E-state index in [1.165, 1.54) is 44.2 Å². The van der Waals surface area contributed by atoms with Gasteiger partial charge in [-0.25, -0.2) is 0 Å². The van der Waals surface area contributed by atoms with Crippen molar-refractivity contribution in [3.8, 4) is 11.5 Å². The van der Waals surface area contributed by atoms with E-state index >= 15 is 0 Å². The minimum Gasteiger partial charge on any atom is -0.493 e. The second-order valence-corrected chi connectivity index (χ2v) is 4.09. The summed E-state index contributed by atoms with van der Waals surface area (Å²) in [5.74, 6) is 0.710. The fourth-order valence-electron chi connectivity index (χ4n) is 1.64. The second-order valence-electron chi connectivity index (χ2n) is 4.09. The lowest BCUT2D eigenvalue weighted by molar-refractivity contribution is 0.299. The van der Waals surface area contributed by atoms with Gasteiger partial charge in [-0.2, -0.15) is 0 Å². The minimum absolute atomic E-state index is 0.0143. The molecule has 1 radical (unpaired) electrons. The third-order valence-electron chi connectivity index (χ3n) is 2.57. The van der Waals surface area contributed by atoms with Gasteiger partial charge in [0.15, 0.2) is 5.75 Å². The molecule has 1 aromatic rings. The third kappa shape index (κ3) is 5.64. The first-order valence-electron chi connectivity index (χ1n) is 6.23. The van der Waals surface area contributed by atoms with E-state index in [0.29, 0.717) is 5.75 Å². The van der Waals surface area contributed by atoms with Crippen LogP contribution in [0.4, 0.5) is 0 Å². The first-order valence-corrected chi connectivity index (χ1v) is 6.23. The van der Waals surface area contributed by atoms with Gasteiger partial charge >= 0.3 is 0 Å². The highest BCUT2D eigenvalue weighted by Crippen LogP contribution is 2.18. The van der Waals surface area contributed by atoms with Gasteiger partial charge in [0.2, 0.25) is 0 Å². The first kappa shape index (κ1) is 12.9. The summed E-state index contributed by atoms with van der Waals surface area (Å²) < 4.78 is 5.49. The van der Waals surface area contributed by atoms with Gasteiger partial charge in [0.25, 0.3) is 0 Å². The average Bonchev–Trinajstić information content (AvgIpc) is 2.28. The van der Waals surface area contributed by atoms with Crippen LogP contribution in [0.1, 0.15) is 45.4 Å². The molecule has 16 heavy (non-hydrogen) atoms. The van der Waals surface area contributed by atoms with E-state index in [1.54, 1.807) is 6.07 Å². The Bertz CT molecular complexity index is 284. The van der Waals surface area contributed by atoms with Gasteiger partial charge < -0.3 is 4.74 Å². The minimum atomic E-state index is 0.0143. The molecule has 0 heterocycles. The second kappa shape index (κ2) is 8.03. The monoisotopic (exact) mass is 221 g/mol. The Morgan fingerprint density at radius 2 is 1.81 bits per heavy atom. The Labute approximate surface area is 98.3 Å². The lowest BCUT2D eigenvalue weighted by atomic mass is 10.1. The molecule has 0 aliphatic rings. The molecule has 0 N–H and O–H groups in total. The molecule has 0 saturated carbocycles. The largest absolute Gasteiger partial charge is 0.493 e. The summed E-state index contributed by atoms with van der Waals surface area (Å²) in [6.07, 6.45) is 7.53. The predicted molar refractivity (Wildman–Crippen MR) is 65.4 cm³/mol. The van der Waals surface area contributed by atoms with Crippen molar-refractivity contribution >= 4 is 0 Å². The molecule has 0 aliphatic carbocycles. The number of rotatable bonds is 8. The van der Waals surface area contributed by atoms with Crippen LogP contribution in [0.5, 0.6) is 11.5 Å². The van der Waals surface area contributed by atoms with Crippen molar-refractivity contribution in [2.75, 3.05) is 6.61 Å². The lowest BCUT2D eigenvalue weighted by Gasteiger charge is -2.05. The van der Waals surface area contributed by atoms with Gasteiger partial charge in [-0.3, -0.25) is 5.11 Å². The zero-order valence-corrected chi connectivity index (χ0v) is 10.1. The number of benzene rings is 1. The number of hydrogen-bond donors (Lipinski definition) is 0. The Kier molecular flexibility index (Phi) is 6.47. The van der Waals surface area contributed by atoms with Crippen molar-refractivity contribution in [3.63, 3.8) is 0 Å². The Morgan fingerprint density at radius 1 is 1.06 bits per heavy atom. The van der Waals surface area contributed by atoms with Crippen molar-refractivity contribution in [2.24, 2.45) is 0 Å². The lowest BCUT2D eigenvalue weighted by Crippen LogP contribution is -1.96. The molecule has 0 bridgehead atoms. The summed E-state index contributed by atoms with van der Waals surface area (Å²) in [7, 11) is 0. The maximum absolute atomic E-state index is 11.0. The molecule has 0 aromatic heterocycles. The molecule has 0 fully saturated rings. The fraction of sp³-hybridized carbons (Fsp3) is 0.571. The maximum atomic E-state index is 11.0. The molecule has 0 amide bonds. The molecule has 2 nitrogen and oxygen atoms in total. The van der Waals surface area contributed by atoms with Crippen molar-refractivity contribution in [2.45, 2.75) is 45.4 Å². The predicted octanol–water partition coefficient (Wildman–Crippen LogP) is 4.57. The van der Waals surface area contributed by atoms with Crippen molar-refractivity contribution in [1.29, 1.82) is 0 Å². The molecule has 2 heteroatoms. The summed E-state index contributed by atoms with van der Waals surface area (Å²) in [5.41, 5.74) is 0. The summed E-state index contributed by atoms with van der Waals surface area (Å²) in [6, 6.07) is 6.64. The van der Waals surface area contributed by atoms with Gasteiger partial charge in [0.05, 0.1) is 6.61 Å². The fourth-order valence-corrected chi connectivity index (χ4v) is 1.64. The van der Waals surface area contributed by atoms with Gasteiger partial charge in [0.1, 0.15) is 5.75 Å². The summed E-state index contributed by atoms with van der Waals surface area (Å²) in [4.78, 5) is 0. The van der Waals surface area contributed by atoms with Crippen LogP contribution in [0.15, 0.2) is 24.3 Å². The van der Waals surface area contributed by atoms with Crippen LogP contribution in [0.25, 0.3) is 0 Å². The first-order chi connectivity index (χ1) is 7.83. The number of unbranched alkanes of at least 4 members (excludes halogenated alkanes) is 5. The van der Waals surface area contributed by atoms with E-state index in [0.717, 1.165) is 13.0 Å². The average molecular weight is 221 g/mol. The highest BCUT2D eigenvalue weighted by atomic mass is 16.5. The topological polar surface area (TPSA) is 29.1 Å². The standard InChI is InChI=1S/C14H21O2/c1-2-3-4-5-6-7-11-16-14-10-8-9-13(15)12-14/h8-10,12H,2-7,11H2,1H3. The molecule has 89 valence electrons. The van der Waals surface area contributed by atoms with E-state index in [9.17, 15) is 5.11 Å². The quantitative estimate of drug-likeness (QED) is 0.591. The van der Waals surface area contributed by atoms with E-state index in [2.05, 4.69) is 6.92 Å².